The Balaban J connectivity index is 1.51. The first-order chi connectivity index (χ1) is 14.0. The molecule has 1 aromatic heterocycles. The number of aromatic nitrogens is 1. The minimum atomic E-state index is -5.32. The van der Waals surface area contributed by atoms with Gasteiger partial charge < -0.3 is 4.90 Å². The van der Waals surface area contributed by atoms with Crippen molar-refractivity contribution >= 4 is 15.5 Å². The Morgan fingerprint density at radius 3 is 2.37 bits per heavy atom. The average molecular weight is 440 g/mol. The molecule has 1 aliphatic heterocycles. The highest BCUT2D eigenvalue weighted by Gasteiger charge is 2.53. The summed E-state index contributed by atoms with van der Waals surface area (Å²) in [6.45, 7) is 6.41. The van der Waals surface area contributed by atoms with Crippen LogP contribution in [0, 0.1) is 0 Å². The smallest absolute Gasteiger partial charge is 0.357 e. The van der Waals surface area contributed by atoms with Gasteiger partial charge in [-0.2, -0.15) is 13.2 Å². The molecule has 0 amide bonds. The van der Waals surface area contributed by atoms with Gasteiger partial charge in [0.05, 0.1) is 11.6 Å². The molecule has 1 saturated heterocycles. The summed E-state index contributed by atoms with van der Waals surface area (Å²) < 4.78 is 61.4. The Bertz CT molecular complexity index is 1030. The van der Waals surface area contributed by atoms with Crippen molar-refractivity contribution in [2.75, 3.05) is 18.1 Å². The molecule has 2 heterocycles. The zero-order chi connectivity index (χ0) is 21.7. The number of halogens is 3. The second-order valence-electron chi connectivity index (χ2n) is 8.45. The van der Waals surface area contributed by atoms with Gasteiger partial charge in [-0.1, -0.05) is 13.8 Å². The minimum Gasteiger partial charge on any atom is -0.357 e. The van der Waals surface area contributed by atoms with Crippen molar-refractivity contribution in [3.63, 3.8) is 0 Å². The van der Waals surface area contributed by atoms with Gasteiger partial charge in [-0.3, -0.25) is 9.88 Å². The highest BCUT2D eigenvalue weighted by atomic mass is 32.2. The molecule has 2 fully saturated rings. The molecule has 5 nitrogen and oxygen atoms in total. The summed E-state index contributed by atoms with van der Waals surface area (Å²) in [5, 5.41) is 0. The SMILES string of the molecule is CC(C)c1cc(CN2CN(c3ccc(S(=O)(=O)C(F)(F)F)cc3)CC23CC3)ccn1. The summed E-state index contributed by atoms with van der Waals surface area (Å²) in [4.78, 5) is 8.18. The van der Waals surface area contributed by atoms with Crippen LogP contribution in [0.3, 0.4) is 0 Å². The summed E-state index contributed by atoms with van der Waals surface area (Å²) in [6, 6.07) is 9.14. The number of pyridine rings is 1. The number of alkyl halides is 3. The first-order valence-electron chi connectivity index (χ1n) is 9.88. The Hall–Kier alpha value is -2.13. The fourth-order valence-electron chi connectivity index (χ4n) is 3.97. The van der Waals surface area contributed by atoms with Crippen LogP contribution < -0.4 is 4.90 Å². The molecule has 0 unspecified atom stereocenters. The summed E-state index contributed by atoms with van der Waals surface area (Å²) in [5.74, 6) is 0.349. The topological polar surface area (TPSA) is 53.5 Å². The quantitative estimate of drug-likeness (QED) is 0.695. The van der Waals surface area contributed by atoms with E-state index in [1.54, 1.807) is 0 Å². The average Bonchev–Trinajstić information content (AvgIpc) is 3.38. The number of benzene rings is 1. The van der Waals surface area contributed by atoms with Crippen LogP contribution in [0.5, 0.6) is 0 Å². The molecule has 30 heavy (non-hydrogen) atoms. The maximum Gasteiger partial charge on any atom is 0.501 e. The fourth-order valence-corrected chi connectivity index (χ4v) is 4.73. The number of nitrogens with zero attached hydrogens (tertiary/aromatic N) is 3. The van der Waals surface area contributed by atoms with Gasteiger partial charge in [-0.05, 0) is 60.7 Å². The number of anilines is 1. The van der Waals surface area contributed by atoms with Crippen LogP contribution in [0.1, 0.15) is 43.9 Å². The van der Waals surface area contributed by atoms with Crippen molar-refractivity contribution in [2.24, 2.45) is 0 Å². The van der Waals surface area contributed by atoms with Crippen LogP contribution in [0.25, 0.3) is 0 Å². The van der Waals surface area contributed by atoms with E-state index in [1.165, 1.54) is 17.7 Å². The van der Waals surface area contributed by atoms with Crippen molar-refractivity contribution in [3.05, 3.63) is 53.9 Å². The van der Waals surface area contributed by atoms with Gasteiger partial charge in [0.15, 0.2) is 0 Å². The van der Waals surface area contributed by atoms with Gasteiger partial charge in [-0.15, -0.1) is 0 Å². The van der Waals surface area contributed by atoms with E-state index in [1.807, 2.05) is 12.3 Å². The van der Waals surface area contributed by atoms with E-state index in [0.29, 0.717) is 12.6 Å². The Kier molecular flexibility index (Phi) is 5.09. The number of hydrogen-bond donors (Lipinski definition) is 0. The molecule has 1 aliphatic carbocycles. The first-order valence-corrected chi connectivity index (χ1v) is 11.4. The largest absolute Gasteiger partial charge is 0.501 e. The maximum absolute atomic E-state index is 12.8. The number of sulfone groups is 1. The fraction of sp³-hybridized carbons (Fsp3) is 0.476. The Morgan fingerprint density at radius 2 is 1.80 bits per heavy atom. The molecule has 162 valence electrons. The predicted octanol–water partition coefficient (Wildman–Crippen LogP) is 4.31. The van der Waals surface area contributed by atoms with Crippen molar-refractivity contribution < 1.29 is 21.6 Å². The predicted molar refractivity (Wildman–Crippen MR) is 108 cm³/mol. The van der Waals surface area contributed by atoms with Crippen LogP contribution in [0.2, 0.25) is 0 Å². The van der Waals surface area contributed by atoms with E-state index in [0.717, 1.165) is 49.4 Å². The van der Waals surface area contributed by atoms with Gasteiger partial charge in [-0.25, -0.2) is 8.42 Å². The first kappa shape index (κ1) is 21.1. The second kappa shape index (κ2) is 7.23. The third-order valence-electron chi connectivity index (χ3n) is 5.95. The van der Waals surface area contributed by atoms with E-state index < -0.39 is 20.2 Å². The third kappa shape index (κ3) is 3.80. The molecular formula is C21H24F3N3O2S. The highest BCUT2D eigenvalue weighted by Crippen LogP contribution is 2.48. The van der Waals surface area contributed by atoms with Crippen LogP contribution >= 0.6 is 0 Å². The third-order valence-corrected chi connectivity index (χ3v) is 7.45. The van der Waals surface area contributed by atoms with E-state index in [2.05, 4.69) is 34.7 Å². The Labute approximate surface area is 174 Å². The normalized spacial score (nSPS) is 19.1. The van der Waals surface area contributed by atoms with Crippen LogP contribution in [0.15, 0.2) is 47.5 Å². The standard InChI is InChI=1S/C21H24F3N3O2S/c1-15(2)19-11-16(7-10-25-19)12-27-14-26(13-20(27)8-9-20)17-3-5-18(6-4-17)30(28,29)21(22,23)24/h3-7,10-11,15H,8-9,12-14H2,1-2H3. The van der Waals surface area contributed by atoms with E-state index in [9.17, 15) is 21.6 Å². The summed E-state index contributed by atoms with van der Waals surface area (Å²) in [7, 11) is -5.32. The lowest BCUT2D eigenvalue weighted by molar-refractivity contribution is -0.0436. The maximum atomic E-state index is 12.8. The zero-order valence-electron chi connectivity index (χ0n) is 16.9. The minimum absolute atomic E-state index is 0.0813. The molecule has 0 atom stereocenters. The van der Waals surface area contributed by atoms with Crippen LogP contribution in [-0.4, -0.2) is 42.6 Å². The monoisotopic (exact) mass is 439 g/mol. The molecule has 0 N–H and O–H groups in total. The number of rotatable bonds is 5. The molecule has 4 rings (SSSR count). The van der Waals surface area contributed by atoms with Gasteiger partial charge >= 0.3 is 5.51 Å². The molecular weight excluding hydrogens is 415 g/mol. The molecule has 0 radical (unpaired) electrons. The number of hydrogen-bond acceptors (Lipinski definition) is 5. The van der Waals surface area contributed by atoms with Crippen molar-refractivity contribution in [3.8, 4) is 0 Å². The van der Waals surface area contributed by atoms with Crippen molar-refractivity contribution in [2.45, 2.75) is 55.1 Å². The van der Waals surface area contributed by atoms with Crippen LogP contribution in [-0.2, 0) is 16.4 Å². The molecule has 1 spiro atoms. The van der Waals surface area contributed by atoms with Crippen molar-refractivity contribution in [1.82, 2.24) is 9.88 Å². The lowest BCUT2D eigenvalue weighted by Gasteiger charge is -2.23. The lowest BCUT2D eigenvalue weighted by atomic mass is 10.1. The van der Waals surface area contributed by atoms with E-state index in [4.69, 9.17) is 0 Å². The lowest BCUT2D eigenvalue weighted by Crippen LogP contribution is -2.32. The summed E-state index contributed by atoms with van der Waals surface area (Å²) >= 11 is 0. The zero-order valence-corrected chi connectivity index (χ0v) is 17.7. The van der Waals surface area contributed by atoms with Crippen molar-refractivity contribution in [1.29, 1.82) is 0 Å². The molecule has 9 heteroatoms. The summed E-state index contributed by atoms with van der Waals surface area (Å²) in [5.41, 5.74) is -2.25. The van der Waals surface area contributed by atoms with Gasteiger partial charge in [0.1, 0.15) is 0 Å². The van der Waals surface area contributed by atoms with Crippen LogP contribution in [0.4, 0.5) is 18.9 Å². The van der Waals surface area contributed by atoms with Gasteiger partial charge in [0.25, 0.3) is 9.84 Å². The van der Waals surface area contributed by atoms with Gasteiger partial charge in [0.2, 0.25) is 0 Å². The molecule has 0 bridgehead atoms. The molecule has 2 aliphatic rings. The van der Waals surface area contributed by atoms with Gasteiger partial charge in [0, 0.05) is 36.2 Å². The Morgan fingerprint density at radius 1 is 1.13 bits per heavy atom. The second-order valence-corrected chi connectivity index (χ2v) is 10.4. The molecule has 2 aromatic rings. The van der Waals surface area contributed by atoms with E-state index >= 15 is 0 Å². The highest BCUT2D eigenvalue weighted by molar-refractivity contribution is 7.92. The summed E-state index contributed by atoms with van der Waals surface area (Å²) in [6.07, 6.45) is 3.98. The van der Waals surface area contributed by atoms with E-state index in [-0.39, 0.29) is 5.54 Å². The molecule has 1 aromatic carbocycles. The molecule has 1 saturated carbocycles.